The maximum atomic E-state index is 12.3. The Hall–Kier alpha value is -1.34. The number of aliphatic hydroxyl groups excluding tert-OH is 2. The molecule has 7 heteroatoms. The number of unbranched alkanes of at least 4 members (excludes halogenated alkanes) is 8. The van der Waals surface area contributed by atoms with E-state index >= 15 is 0 Å². The number of ketones is 1. The number of hydrogen-bond acceptors (Lipinski definition) is 6. The molecular formula is C20H36N4O3. The minimum absolute atomic E-state index is 0.0628. The van der Waals surface area contributed by atoms with Gasteiger partial charge in [0.15, 0.2) is 0 Å². The predicted molar refractivity (Wildman–Crippen MR) is 103 cm³/mol. The Morgan fingerprint density at radius 1 is 0.926 bits per heavy atom. The lowest BCUT2D eigenvalue weighted by molar-refractivity contribution is -0.121. The molecule has 0 saturated heterocycles. The average molecular weight is 381 g/mol. The number of tetrazole rings is 1. The Morgan fingerprint density at radius 3 is 2.30 bits per heavy atom. The minimum Gasteiger partial charge on any atom is -0.396 e. The summed E-state index contributed by atoms with van der Waals surface area (Å²) >= 11 is 0. The van der Waals surface area contributed by atoms with Crippen LogP contribution in [0.1, 0.15) is 89.3 Å². The third-order valence-corrected chi connectivity index (χ3v) is 5.85. The van der Waals surface area contributed by atoms with Crippen LogP contribution < -0.4 is 0 Å². The number of rotatable bonds is 15. The Bertz CT molecular complexity index is 509. The monoisotopic (exact) mass is 380 g/mol. The largest absolute Gasteiger partial charge is 0.396 e. The van der Waals surface area contributed by atoms with E-state index in [0.717, 1.165) is 76.5 Å². The van der Waals surface area contributed by atoms with Gasteiger partial charge in [-0.3, -0.25) is 4.79 Å². The molecule has 1 aliphatic rings. The van der Waals surface area contributed by atoms with E-state index in [9.17, 15) is 9.90 Å². The first-order valence-corrected chi connectivity index (χ1v) is 10.8. The molecule has 0 aliphatic heterocycles. The van der Waals surface area contributed by atoms with Gasteiger partial charge in [-0.2, -0.15) is 0 Å². The molecule has 154 valence electrons. The molecule has 27 heavy (non-hydrogen) atoms. The molecule has 1 aromatic rings. The number of carbonyl (C=O) groups is 1. The van der Waals surface area contributed by atoms with E-state index < -0.39 is 6.10 Å². The lowest BCUT2D eigenvalue weighted by atomic mass is 9.85. The second kappa shape index (κ2) is 12.9. The summed E-state index contributed by atoms with van der Waals surface area (Å²) in [6, 6.07) is 0. The summed E-state index contributed by atoms with van der Waals surface area (Å²) in [7, 11) is 0. The van der Waals surface area contributed by atoms with Crippen molar-refractivity contribution in [3.05, 3.63) is 5.82 Å². The van der Waals surface area contributed by atoms with Crippen molar-refractivity contribution >= 4 is 5.78 Å². The van der Waals surface area contributed by atoms with E-state index in [2.05, 4.69) is 20.6 Å². The van der Waals surface area contributed by atoms with Gasteiger partial charge >= 0.3 is 0 Å². The number of nitrogens with one attached hydrogen (secondary N) is 1. The summed E-state index contributed by atoms with van der Waals surface area (Å²) in [6.45, 7) is 0.287. The lowest BCUT2D eigenvalue weighted by Gasteiger charge is -2.21. The first-order chi connectivity index (χ1) is 13.2. The third kappa shape index (κ3) is 8.05. The molecule has 0 bridgehead atoms. The smallest absolute Gasteiger partial charge is 0.148 e. The Kier molecular flexibility index (Phi) is 10.5. The van der Waals surface area contributed by atoms with Crippen LogP contribution in [0.4, 0.5) is 0 Å². The van der Waals surface area contributed by atoms with Gasteiger partial charge in [0.25, 0.3) is 0 Å². The van der Waals surface area contributed by atoms with E-state index in [-0.39, 0.29) is 24.2 Å². The second-order valence-electron chi connectivity index (χ2n) is 7.94. The van der Waals surface area contributed by atoms with E-state index in [1.165, 1.54) is 12.8 Å². The second-order valence-corrected chi connectivity index (χ2v) is 7.94. The summed E-state index contributed by atoms with van der Waals surface area (Å²) in [5, 5.41) is 32.9. The minimum atomic E-state index is -0.434. The van der Waals surface area contributed by atoms with E-state index in [1.54, 1.807) is 0 Å². The van der Waals surface area contributed by atoms with Crippen molar-refractivity contribution in [1.82, 2.24) is 20.6 Å². The molecule has 1 aliphatic carbocycles. The third-order valence-electron chi connectivity index (χ3n) is 5.85. The molecule has 3 atom stereocenters. The summed E-state index contributed by atoms with van der Waals surface area (Å²) < 4.78 is 0. The average Bonchev–Trinajstić information content (AvgIpc) is 3.26. The fraction of sp³-hybridized carbons (Fsp3) is 0.900. The fourth-order valence-corrected chi connectivity index (χ4v) is 4.28. The van der Waals surface area contributed by atoms with Gasteiger partial charge < -0.3 is 10.2 Å². The molecule has 1 fully saturated rings. The van der Waals surface area contributed by atoms with Gasteiger partial charge in [-0.15, -0.1) is 5.10 Å². The Balaban J connectivity index is 1.57. The summed E-state index contributed by atoms with van der Waals surface area (Å²) in [4.78, 5) is 12.3. The van der Waals surface area contributed by atoms with E-state index in [4.69, 9.17) is 5.11 Å². The predicted octanol–water partition coefficient (Wildman–Crippen LogP) is 2.98. The van der Waals surface area contributed by atoms with Crippen LogP contribution in [-0.2, 0) is 11.2 Å². The molecule has 1 saturated carbocycles. The van der Waals surface area contributed by atoms with Crippen LogP contribution in [0.3, 0.4) is 0 Å². The number of nitrogens with zero attached hydrogens (tertiary/aromatic N) is 3. The highest BCUT2D eigenvalue weighted by Gasteiger charge is 2.40. The standard InChI is InChI=1S/C20H36N4O3/c25-14-10-6-2-1-3-7-11-16-17(19(27)15-18(16)26)12-8-4-5-9-13-20-21-23-24-22-20/h16-18,25-26H,1-15H2,(H,21,22,23,24)/t16-,17+,18+/m1/s1. The number of carbonyl (C=O) groups excluding carboxylic acids is 1. The molecule has 1 aromatic heterocycles. The van der Waals surface area contributed by atoms with Crippen molar-refractivity contribution in [2.45, 2.75) is 96.0 Å². The number of Topliss-reactive ketones (excluding diaryl/α,β-unsaturated/α-hetero) is 1. The number of hydrogen-bond donors (Lipinski definition) is 3. The number of aromatic nitrogens is 4. The number of aliphatic hydroxyl groups is 2. The molecule has 0 unspecified atom stereocenters. The number of aromatic amines is 1. The summed E-state index contributed by atoms with van der Waals surface area (Å²) in [5.74, 6) is 1.33. The molecule has 2 rings (SSSR count). The van der Waals surface area contributed by atoms with Gasteiger partial charge in [0.05, 0.1) is 6.10 Å². The van der Waals surface area contributed by atoms with Gasteiger partial charge in [-0.05, 0) is 42.0 Å². The van der Waals surface area contributed by atoms with Crippen LogP contribution in [0.25, 0.3) is 0 Å². The van der Waals surface area contributed by atoms with Crippen molar-refractivity contribution in [2.24, 2.45) is 11.8 Å². The van der Waals surface area contributed by atoms with Gasteiger partial charge in [-0.1, -0.05) is 51.4 Å². The Morgan fingerprint density at radius 2 is 1.59 bits per heavy atom. The fourth-order valence-electron chi connectivity index (χ4n) is 4.28. The van der Waals surface area contributed by atoms with Crippen molar-refractivity contribution in [3.63, 3.8) is 0 Å². The molecule has 0 spiro atoms. The highest BCUT2D eigenvalue weighted by molar-refractivity contribution is 5.84. The normalized spacial score (nSPS) is 22.6. The van der Waals surface area contributed by atoms with E-state index in [1.807, 2.05) is 0 Å². The summed E-state index contributed by atoms with van der Waals surface area (Å²) in [5.41, 5.74) is 0. The zero-order valence-electron chi connectivity index (χ0n) is 16.5. The van der Waals surface area contributed by atoms with Crippen molar-refractivity contribution in [3.8, 4) is 0 Å². The van der Waals surface area contributed by atoms with Crippen LogP contribution in [0.5, 0.6) is 0 Å². The molecular weight excluding hydrogens is 344 g/mol. The van der Waals surface area contributed by atoms with Crippen LogP contribution in [-0.4, -0.2) is 49.3 Å². The highest BCUT2D eigenvalue weighted by atomic mass is 16.3. The molecule has 0 amide bonds. The molecule has 0 radical (unpaired) electrons. The van der Waals surface area contributed by atoms with Crippen molar-refractivity contribution in [2.75, 3.05) is 6.61 Å². The lowest BCUT2D eigenvalue weighted by Crippen LogP contribution is -2.20. The van der Waals surface area contributed by atoms with Gasteiger partial charge in [0.2, 0.25) is 0 Å². The molecule has 0 aromatic carbocycles. The van der Waals surface area contributed by atoms with Gasteiger partial charge in [0.1, 0.15) is 11.6 Å². The maximum absolute atomic E-state index is 12.3. The maximum Gasteiger partial charge on any atom is 0.148 e. The van der Waals surface area contributed by atoms with Crippen LogP contribution in [0.2, 0.25) is 0 Å². The van der Waals surface area contributed by atoms with Crippen molar-refractivity contribution < 1.29 is 15.0 Å². The van der Waals surface area contributed by atoms with Crippen molar-refractivity contribution in [1.29, 1.82) is 0 Å². The highest BCUT2D eigenvalue weighted by Crippen LogP contribution is 2.36. The molecule has 1 heterocycles. The SMILES string of the molecule is O=C1C[C@H](O)[C@H](CCCCCCCCO)[C@@H]1CCCCCCc1nnn[nH]1. The van der Waals surface area contributed by atoms with Gasteiger partial charge in [-0.25, -0.2) is 5.10 Å². The number of aryl methyl sites for hydroxylation is 1. The van der Waals surface area contributed by atoms with Crippen LogP contribution in [0, 0.1) is 11.8 Å². The summed E-state index contributed by atoms with van der Waals surface area (Å²) in [6.07, 6.45) is 13.6. The van der Waals surface area contributed by atoms with Crippen LogP contribution >= 0.6 is 0 Å². The zero-order chi connectivity index (χ0) is 19.3. The van der Waals surface area contributed by atoms with Gasteiger partial charge in [0, 0.05) is 25.4 Å². The quantitative estimate of drug-likeness (QED) is 0.403. The zero-order valence-corrected chi connectivity index (χ0v) is 16.5. The number of H-pyrrole nitrogens is 1. The van der Waals surface area contributed by atoms with E-state index in [0.29, 0.717) is 6.42 Å². The van der Waals surface area contributed by atoms with Crippen LogP contribution in [0.15, 0.2) is 0 Å². The molecule has 7 nitrogen and oxygen atoms in total. The molecule has 3 N–H and O–H groups in total. The first-order valence-electron chi connectivity index (χ1n) is 10.8. The Labute approximate surface area is 162 Å². The topological polar surface area (TPSA) is 112 Å². The first kappa shape index (κ1) is 22.0.